The van der Waals surface area contributed by atoms with Gasteiger partial charge in [-0.1, -0.05) is 12.1 Å². The summed E-state index contributed by atoms with van der Waals surface area (Å²) in [6.07, 6.45) is 0. The van der Waals surface area contributed by atoms with Crippen LogP contribution < -0.4 is 4.74 Å². The quantitative estimate of drug-likeness (QED) is 0.679. The summed E-state index contributed by atoms with van der Waals surface area (Å²) in [4.78, 5) is 25.7. The number of nitrogens with zero attached hydrogens (tertiary/aromatic N) is 1. The maximum absolute atomic E-state index is 11.0. The van der Waals surface area contributed by atoms with Crippen molar-refractivity contribution in [3.05, 3.63) is 35.3 Å². The van der Waals surface area contributed by atoms with Gasteiger partial charge < -0.3 is 9.84 Å². The van der Waals surface area contributed by atoms with Crippen LogP contribution in [0.2, 0.25) is 0 Å². The van der Waals surface area contributed by atoms with Gasteiger partial charge in [-0.3, -0.25) is 4.79 Å². The molecule has 0 spiro atoms. The van der Waals surface area contributed by atoms with E-state index in [1.165, 1.54) is 23.6 Å². The summed E-state index contributed by atoms with van der Waals surface area (Å²) in [6, 6.07) is 6.86. The number of esters is 1. The van der Waals surface area contributed by atoms with Crippen LogP contribution in [0.25, 0.3) is 10.6 Å². The fourth-order valence-electron chi connectivity index (χ4n) is 1.38. The van der Waals surface area contributed by atoms with E-state index < -0.39 is 11.9 Å². The third kappa shape index (κ3) is 2.54. The molecule has 0 amide bonds. The SMILES string of the molecule is CC(=O)Oc1ccccc1-c1nc(C(=O)O)cs1. The molecule has 1 N–H and O–H groups in total. The molecule has 1 aromatic heterocycles. The van der Waals surface area contributed by atoms with Crippen LogP contribution in [0.4, 0.5) is 0 Å². The van der Waals surface area contributed by atoms with E-state index in [4.69, 9.17) is 9.84 Å². The van der Waals surface area contributed by atoms with Gasteiger partial charge in [0.2, 0.25) is 0 Å². The predicted octanol–water partition coefficient (Wildman–Crippen LogP) is 2.43. The summed E-state index contributed by atoms with van der Waals surface area (Å²) >= 11 is 1.19. The minimum atomic E-state index is -1.08. The van der Waals surface area contributed by atoms with E-state index in [2.05, 4.69) is 4.98 Å². The molecule has 6 heteroatoms. The van der Waals surface area contributed by atoms with Crippen molar-refractivity contribution in [1.82, 2.24) is 4.98 Å². The molecular formula is C12H9NO4S. The van der Waals surface area contributed by atoms with E-state index in [-0.39, 0.29) is 5.69 Å². The molecule has 0 aliphatic carbocycles. The summed E-state index contributed by atoms with van der Waals surface area (Å²) in [5, 5.41) is 10.8. The lowest BCUT2D eigenvalue weighted by atomic mass is 10.2. The highest BCUT2D eigenvalue weighted by Crippen LogP contribution is 2.32. The minimum Gasteiger partial charge on any atom is -0.476 e. The molecule has 0 saturated heterocycles. The molecule has 1 heterocycles. The molecule has 0 aliphatic heterocycles. The molecule has 0 radical (unpaired) electrons. The molecule has 2 rings (SSSR count). The lowest BCUT2D eigenvalue weighted by Gasteiger charge is -2.05. The van der Waals surface area contributed by atoms with E-state index in [1.54, 1.807) is 24.3 Å². The number of carbonyl (C=O) groups is 2. The molecule has 0 saturated carbocycles. The van der Waals surface area contributed by atoms with Gasteiger partial charge in [0.15, 0.2) is 5.69 Å². The second-order valence-corrected chi connectivity index (χ2v) is 4.29. The highest BCUT2D eigenvalue weighted by atomic mass is 32.1. The Kier molecular flexibility index (Phi) is 3.38. The van der Waals surface area contributed by atoms with Crippen LogP contribution in [0.3, 0.4) is 0 Å². The number of hydrogen-bond acceptors (Lipinski definition) is 5. The largest absolute Gasteiger partial charge is 0.476 e. The normalized spacial score (nSPS) is 10.1. The van der Waals surface area contributed by atoms with Gasteiger partial charge in [0.05, 0.1) is 5.56 Å². The van der Waals surface area contributed by atoms with Crippen LogP contribution in [-0.4, -0.2) is 22.0 Å². The van der Waals surface area contributed by atoms with E-state index in [9.17, 15) is 9.59 Å². The van der Waals surface area contributed by atoms with Crippen LogP contribution in [0.1, 0.15) is 17.4 Å². The number of rotatable bonds is 3. The lowest BCUT2D eigenvalue weighted by Crippen LogP contribution is -2.02. The molecule has 1 aromatic carbocycles. The van der Waals surface area contributed by atoms with Crippen molar-refractivity contribution >= 4 is 23.3 Å². The van der Waals surface area contributed by atoms with Gasteiger partial charge in [-0.25, -0.2) is 9.78 Å². The number of carboxylic acid groups (broad SMARTS) is 1. The van der Waals surface area contributed by atoms with Crippen LogP contribution in [0, 0.1) is 0 Å². The fraction of sp³-hybridized carbons (Fsp3) is 0.0833. The smallest absolute Gasteiger partial charge is 0.355 e. The number of benzene rings is 1. The summed E-state index contributed by atoms with van der Waals surface area (Å²) in [6.45, 7) is 1.31. The Morgan fingerprint density at radius 3 is 2.67 bits per heavy atom. The Hall–Kier alpha value is -2.21. The molecule has 92 valence electrons. The van der Waals surface area contributed by atoms with Crippen molar-refractivity contribution in [2.24, 2.45) is 0 Å². The molecule has 0 atom stereocenters. The summed E-state index contributed by atoms with van der Waals surface area (Å²) in [5.41, 5.74) is 0.581. The van der Waals surface area contributed by atoms with Gasteiger partial charge >= 0.3 is 11.9 Å². The van der Waals surface area contributed by atoms with Crippen molar-refractivity contribution in [3.63, 3.8) is 0 Å². The number of ether oxygens (including phenoxy) is 1. The maximum atomic E-state index is 11.0. The van der Waals surface area contributed by atoms with Gasteiger partial charge in [0, 0.05) is 12.3 Å². The van der Waals surface area contributed by atoms with Crippen molar-refractivity contribution in [2.45, 2.75) is 6.92 Å². The van der Waals surface area contributed by atoms with Crippen molar-refractivity contribution in [3.8, 4) is 16.3 Å². The van der Waals surface area contributed by atoms with E-state index in [0.29, 0.717) is 16.3 Å². The minimum absolute atomic E-state index is 0.0207. The number of hydrogen-bond donors (Lipinski definition) is 1. The van der Waals surface area contributed by atoms with Gasteiger partial charge in [-0.15, -0.1) is 11.3 Å². The second-order valence-electron chi connectivity index (χ2n) is 3.43. The number of aromatic nitrogens is 1. The van der Waals surface area contributed by atoms with Crippen molar-refractivity contribution < 1.29 is 19.4 Å². The predicted molar refractivity (Wildman–Crippen MR) is 65.8 cm³/mol. The lowest BCUT2D eigenvalue weighted by molar-refractivity contribution is -0.131. The van der Waals surface area contributed by atoms with Gasteiger partial charge in [-0.2, -0.15) is 0 Å². The van der Waals surface area contributed by atoms with E-state index >= 15 is 0 Å². The van der Waals surface area contributed by atoms with Crippen LogP contribution in [-0.2, 0) is 4.79 Å². The molecular weight excluding hydrogens is 254 g/mol. The Morgan fingerprint density at radius 1 is 1.33 bits per heavy atom. The number of carboxylic acids is 1. The van der Waals surface area contributed by atoms with Gasteiger partial charge in [0.25, 0.3) is 0 Å². The Labute approximate surface area is 107 Å². The van der Waals surface area contributed by atoms with Crippen LogP contribution in [0.15, 0.2) is 29.6 Å². The zero-order valence-electron chi connectivity index (χ0n) is 9.41. The first-order valence-corrected chi connectivity index (χ1v) is 5.92. The summed E-state index contributed by atoms with van der Waals surface area (Å²) in [7, 11) is 0. The monoisotopic (exact) mass is 263 g/mol. The van der Waals surface area contributed by atoms with Crippen molar-refractivity contribution in [2.75, 3.05) is 0 Å². The second kappa shape index (κ2) is 4.97. The highest BCUT2D eigenvalue weighted by Gasteiger charge is 2.14. The third-order valence-electron chi connectivity index (χ3n) is 2.09. The molecule has 2 aromatic rings. The zero-order valence-corrected chi connectivity index (χ0v) is 10.2. The standard InChI is InChI=1S/C12H9NO4S/c1-7(14)17-10-5-3-2-4-8(10)11-13-9(6-18-11)12(15)16/h2-6H,1H3,(H,15,16). The zero-order chi connectivity index (χ0) is 13.1. The van der Waals surface area contributed by atoms with Crippen molar-refractivity contribution in [1.29, 1.82) is 0 Å². The highest BCUT2D eigenvalue weighted by molar-refractivity contribution is 7.13. The average molecular weight is 263 g/mol. The first kappa shape index (κ1) is 12.3. The maximum Gasteiger partial charge on any atom is 0.355 e. The molecule has 0 aliphatic rings. The summed E-state index contributed by atoms with van der Waals surface area (Å²) < 4.78 is 5.05. The topological polar surface area (TPSA) is 76.5 Å². The number of aromatic carboxylic acids is 1. The molecule has 0 fully saturated rings. The summed E-state index contributed by atoms with van der Waals surface area (Å²) in [5.74, 6) is -1.14. The van der Waals surface area contributed by atoms with Crippen LogP contribution >= 0.6 is 11.3 Å². The molecule has 0 bridgehead atoms. The third-order valence-corrected chi connectivity index (χ3v) is 2.97. The fourth-order valence-corrected chi connectivity index (χ4v) is 2.21. The number of carbonyl (C=O) groups excluding carboxylic acids is 1. The Morgan fingerprint density at radius 2 is 2.06 bits per heavy atom. The van der Waals surface area contributed by atoms with Gasteiger partial charge in [-0.05, 0) is 12.1 Å². The number of thiazole rings is 1. The van der Waals surface area contributed by atoms with E-state index in [0.717, 1.165) is 0 Å². The first-order valence-electron chi connectivity index (χ1n) is 5.04. The number of para-hydroxylation sites is 1. The Balaban J connectivity index is 2.42. The first-order chi connectivity index (χ1) is 8.58. The average Bonchev–Trinajstić information content (AvgIpc) is 2.78. The van der Waals surface area contributed by atoms with Gasteiger partial charge in [0.1, 0.15) is 10.8 Å². The molecule has 18 heavy (non-hydrogen) atoms. The van der Waals surface area contributed by atoms with Crippen LogP contribution in [0.5, 0.6) is 5.75 Å². The molecule has 5 nitrogen and oxygen atoms in total. The Bertz CT molecular complexity index is 606. The van der Waals surface area contributed by atoms with E-state index in [1.807, 2.05) is 0 Å². The molecule has 0 unspecified atom stereocenters.